The van der Waals surface area contributed by atoms with E-state index in [0.717, 1.165) is 19.4 Å². The Balaban J connectivity index is 2.20. The third-order valence-electron chi connectivity index (χ3n) is 3.34. The Morgan fingerprint density at radius 2 is 2.07 bits per heavy atom. The zero-order valence-electron chi connectivity index (χ0n) is 10.6. The lowest BCUT2D eigenvalue weighted by molar-refractivity contribution is 0.273. The number of rotatable bonds is 4. The zero-order valence-corrected chi connectivity index (χ0v) is 10.6. The van der Waals surface area contributed by atoms with Crippen LogP contribution in [0.3, 0.4) is 0 Å². The number of nitrogens with zero attached hydrogens (tertiary/aromatic N) is 2. The number of likely N-dealkylation sites (tertiary alicyclic amines) is 1. The minimum absolute atomic E-state index is 0.144. The van der Waals surface area contributed by atoms with Crippen molar-refractivity contribution >= 4 is 0 Å². The minimum Gasteiger partial charge on any atom is -0.303 e. The maximum Gasteiger partial charge on any atom is 0.0683 e. The van der Waals surface area contributed by atoms with Crippen molar-refractivity contribution in [1.82, 2.24) is 4.90 Å². The van der Waals surface area contributed by atoms with Crippen molar-refractivity contribution in [2.75, 3.05) is 19.6 Å². The Hall–Kier alpha value is -0.550. The first-order valence-electron chi connectivity index (χ1n) is 5.98. The molecule has 2 heteroatoms. The van der Waals surface area contributed by atoms with Crippen molar-refractivity contribution in [3.8, 4) is 6.07 Å². The third-order valence-corrected chi connectivity index (χ3v) is 3.34. The summed E-state index contributed by atoms with van der Waals surface area (Å²) >= 11 is 0. The van der Waals surface area contributed by atoms with Gasteiger partial charge < -0.3 is 4.90 Å². The van der Waals surface area contributed by atoms with Gasteiger partial charge in [-0.2, -0.15) is 5.26 Å². The number of nitriles is 1. The standard InChI is InChI=1S/C13H24N2/c1-12(2,10-14)6-5-8-15-9-7-13(3,4)11-15/h5-9,11H2,1-4H3. The van der Waals surface area contributed by atoms with Gasteiger partial charge in [0.15, 0.2) is 0 Å². The summed E-state index contributed by atoms with van der Waals surface area (Å²) in [5.74, 6) is 0. The molecule has 0 atom stereocenters. The lowest BCUT2D eigenvalue weighted by Gasteiger charge is -2.21. The Morgan fingerprint density at radius 3 is 2.53 bits per heavy atom. The highest BCUT2D eigenvalue weighted by Gasteiger charge is 2.28. The van der Waals surface area contributed by atoms with Crippen LogP contribution in [0.1, 0.15) is 47.0 Å². The lowest BCUT2D eigenvalue weighted by Crippen LogP contribution is -2.25. The molecular formula is C13H24N2. The largest absolute Gasteiger partial charge is 0.303 e. The van der Waals surface area contributed by atoms with E-state index in [-0.39, 0.29) is 5.41 Å². The summed E-state index contributed by atoms with van der Waals surface area (Å²) in [5.41, 5.74) is 0.361. The van der Waals surface area contributed by atoms with E-state index in [1.165, 1.54) is 19.5 Å². The van der Waals surface area contributed by atoms with Crippen molar-refractivity contribution < 1.29 is 0 Å². The fourth-order valence-electron chi connectivity index (χ4n) is 2.22. The molecule has 0 aromatic rings. The van der Waals surface area contributed by atoms with Crippen molar-refractivity contribution in [3.05, 3.63) is 0 Å². The van der Waals surface area contributed by atoms with Crippen LogP contribution < -0.4 is 0 Å². The second-order valence-corrected chi connectivity index (χ2v) is 6.29. The minimum atomic E-state index is -0.144. The summed E-state index contributed by atoms with van der Waals surface area (Å²) < 4.78 is 0. The zero-order chi connectivity index (χ0) is 11.5. The maximum absolute atomic E-state index is 8.91. The van der Waals surface area contributed by atoms with Crippen LogP contribution in [-0.4, -0.2) is 24.5 Å². The van der Waals surface area contributed by atoms with E-state index in [1.54, 1.807) is 0 Å². The molecule has 0 unspecified atom stereocenters. The van der Waals surface area contributed by atoms with Crippen LogP contribution in [0, 0.1) is 22.2 Å². The molecule has 0 aromatic carbocycles. The van der Waals surface area contributed by atoms with Gasteiger partial charge in [-0.3, -0.25) is 0 Å². The van der Waals surface area contributed by atoms with Crippen LogP contribution in [0.2, 0.25) is 0 Å². The molecule has 0 saturated carbocycles. The molecule has 1 rings (SSSR count). The van der Waals surface area contributed by atoms with Crippen LogP contribution in [0.4, 0.5) is 0 Å². The van der Waals surface area contributed by atoms with Crippen LogP contribution >= 0.6 is 0 Å². The fraction of sp³-hybridized carbons (Fsp3) is 0.923. The van der Waals surface area contributed by atoms with Gasteiger partial charge in [0.05, 0.1) is 11.5 Å². The van der Waals surface area contributed by atoms with Crippen molar-refractivity contribution in [2.45, 2.75) is 47.0 Å². The first-order valence-corrected chi connectivity index (χ1v) is 5.98. The van der Waals surface area contributed by atoms with Crippen LogP contribution in [-0.2, 0) is 0 Å². The average molecular weight is 208 g/mol. The molecule has 0 bridgehead atoms. The molecule has 1 aliphatic heterocycles. The Labute approximate surface area is 94.3 Å². The molecule has 0 spiro atoms. The van der Waals surface area contributed by atoms with E-state index in [2.05, 4.69) is 24.8 Å². The summed E-state index contributed by atoms with van der Waals surface area (Å²) in [5, 5.41) is 8.91. The van der Waals surface area contributed by atoms with Gasteiger partial charge in [0.2, 0.25) is 0 Å². The Kier molecular flexibility index (Phi) is 3.78. The Bertz CT molecular complexity index is 248. The normalized spacial score (nSPS) is 21.5. The predicted octanol–water partition coefficient (Wildman–Crippen LogP) is 3.05. The van der Waals surface area contributed by atoms with E-state index in [1.807, 2.05) is 13.8 Å². The summed E-state index contributed by atoms with van der Waals surface area (Å²) in [6.45, 7) is 12.4. The molecule has 0 N–H and O–H groups in total. The molecule has 1 saturated heterocycles. The quantitative estimate of drug-likeness (QED) is 0.710. The van der Waals surface area contributed by atoms with Crippen LogP contribution in [0.5, 0.6) is 0 Å². The summed E-state index contributed by atoms with van der Waals surface area (Å²) in [6.07, 6.45) is 3.48. The SMILES string of the molecule is CC(C)(C#N)CCCN1CCC(C)(C)C1. The second kappa shape index (κ2) is 4.53. The van der Waals surface area contributed by atoms with Crippen molar-refractivity contribution in [1.29, 1.82) is 5.26 Å². The van der Waals surface area contributed by atoms with Gasteiger partial charge in [0.1, 0.15) is 0 Å². The number of hydrogen-bond acceptors (Lipinski definition) is 2. The van der Waals surface area contributed by atoms with E-state index in [4.69, 9.17) is 5.26 Å². The average Bonchev–Trinajstić information content (AvgIpc) is 2.45. The van der Waals surface area contributed by atoms with E-state index >= 15 is 0 Å². The van der Waals surface area contributed by atoms with Crippen molar-refractivity contribution in [3.63, 3.8) is 0 Å². The topological polar surface area (TPSA) is 27.0 Å². The molecule has 2 nitrogen and oxygen atoms in total. The Morgan fingerprint density at radius 1 is 1.40 bits per heavy atom. The van der Waals surface area contributed by atoms with Gasteiger partial charge in [-0.05, 0) is 51.6 Å². The maximum atomic E-state index is 8.91. The molecule has 1 aliphatic rings. The molecule has 86 valence electrons. The van der Waals surface area contributed by atoms with E-state index in [0.29, 0.717) is 5.41 Å². The van der Waals surface area contributed by atoms with Gasteiger partial charge in [-0.15, -0.1) is 0 Å². The molecule has 0 aliphatic carbocycles. The van der Waals surface area contributed by atoms with Gasteiger partial charge in [-0.1, -0.05) is 13.8 Å². The highest BCUT2D eigenvalue weighted by Crippen LogP contribution is 2.29. The van der Waals surface area contributed by atoms with Crippen LogP contribution in [0.25, 0.3) is 0 Å². The van der Waals surface area contributed by atoms with Gasteiger partial charge in [0, 0.05) is 6.54 Å². The van der Waals surface area contributed by atoms with E-state index in [9.17, 15) is 0 Å². The first kappa shape index (κ1) is 12.5. The highest BCUT2D eigenvalue weighted by atomic mass is 15.1. The molecule has 0 radical (unpaired) electrons. The molecule has 0 amide bonds. The molecular weight excluding hydrogens is 184 g/mol. The highest BCUT2D eigenvalue weighted by molar-refractivity contribution is 4.91. The van der Waals surface area contributed by atoms with E-state index < -0.39 is 0 Å². The smallest absolute Gasteiger partial charge is 0.0683 e. The fourth-order valence-corrected chi connectivity index (χ4v) is 2.22. The molecule has 1 heterocycles. The molecule has 15 heavy (non-hydrogen) atoms. The monoisotopic (exact) mass is 208 g/mol. The molecule has 0 aromatic heterocycles. The van der Waals surface area contributed by atoms with Crippen molar-refractivity contribution in [2.24, 2.45) is 10.8 Å². The summed E-state index contributed by atoms with van der Waals surface area (Å²) in [4.78, 5) is 2.54. The first-order chi connectivity index (χ1) is 6.85. The number of hydrogen-bond donors (Lipinski definition) is 0. The molecule has 1 fully saturated rings. The van der Waals surface area contributed by atoms with Gasteiger partial charge in [0.25, 0.3) is 0 Å². The third kappa shape index (κ3) is 4.22. The summed E-state index contributed by atoms with van der Waals surface area (Å²) in [6, 6.07) is 2.36. The second-order valence-electron chi connectivity index (χ2n) is 6.29. The van der Waals surface area contributed by atoms with Gasteiger partial charge >= 0.3 is 0 Å². The predicted molar refractivity (Wildman–Crippen MR) is 63.5 cm³/mol. The van der Waals surface area contributed by atoms with Crippen LogP contribution in [0.15, 0.2) is 0 Å². The lowest BCUT2D eigenvalue weighted by atomic mass is 9.90. The summed E-state index contributed by atoms with van der Waals surface area (Å²) in [7, 11) is 0. The van der Waals surface area contributed by atoms with Gasteiger partial charge in [-0.25, -0.2) is 0 Å².